The van der Waals surface area contributed by atoms with Gasteiger partial charge in [0.25, 0.3) is 0 Å². The summed E-state index contributed by atoms with van der Waals surface area (Å²) in [5, 5.41) is 4.88. The highest BCUT2D eigenvalue weighted by Gasteiger charge is 2.30. The number of thioether (sulfide) groups is 1. The van der Waals surface area contributed by atoms with Crippen LogP contribution in [0.3, 0.4) is 0 Å². The number of rotatable bonds is 3. The third kappa shape index (κ3) is 3.30. The number of anilines is 1. The summed E-state index contributed by atoms with van der Waals surface area (Å²) in [6.45, 7) is 1.95. The van der Waals surface area contributed by atoms with Crippen LogP contribution in [0, 0.1) is 6.92 Å². The average molecular weight is 280 g/mol. The summed E-state index contributed by atoms with van der Waals surface area (Å²) in [6.07, 6.45) is 0.130. The molecule has 1 saturated heterocycles. The van der Waals surface area contributed by atoms with Crippen molar-refractivity contribution in [3.63, 3.8) is 0 Å². The lowest BCUT2D eigenvalue weighted by Crippen LogP contribution is -2.27. The van der Waals surface area contributed by atoms with Crippen LogP contribution in [-0.2, 0) is 9.59 Å². The predicted molar refractivity (Wildman–Crippen MR) is 76.5 cm³/mol. The van der Waals surface area contributed by atoms with E-state index in [-0.39, 0.29) is 18.2 Å². The van der Waals surface area contributed by atoms with Gasteiger partial charge in [-0.1, -0.05) is 36.1 Å². The molecule has 2 rings (SSSR count). The number of benzene rings is 1. The van der Waals surface area contributed by atoms with Crippen LogP contribution in [0.15, 0.2) is 24.3 Å². The van der Waals surface area contributed by atoms with Gasteiger partial charge in [-0.3, -0.25) is 9.59 Å². The SMILES string of the molecule is Cc1cccc(NC(=O)C[C@H]2SC(=S)NC2=O)c1. The lowest BCUT2D eigenvalue weighted by Gasteiger charge is -2.07. The first-order valence-corrected chi connectivity index (χ1v) is 6.71. The Kier molecular flexibility index (Phi) is 3.98. The fourth-order valence-electron chi connectivity index (χ4n) is 1.63. The number of hydrogen-bond donors (Lipinski definition) is 2. The number of amides is 2. The normalized spacial score (nSPS) is 18.6. The summed E-state index contributed by atoms with van der Waals surface area (Å²) < 4.78 is 0.438. The molecular formula is C12H12N2O2S2. The number of aryl methyl sites for hydroxylation is 1. The Morgan fingerprint density at radius 2 is 2.33 bits per heavy atom. The molecule has 2 N–H and O–H groups in total. The third-order valence-electron chi connectivity index (χ3n) is 2.44. The topological polar surface area (TPSA) is 58.2 Å². The number of carbonyl (C=O) groups is 2. The number of hydrogen-bond acceptors (Lipinski definition) is 4. The van der Waals surface area contributed by atoms with Crippen LogP contribution in [0.25, 0.3) is 0 Å². The van der Waals surface area contributed by atoms with Gasteiger partial charge in [0.2, 0.25) is 11.8 Å². The molecule has 0 spiro atoms. The van der Waals surface area contributed by atoms with Crippen LogP contribution in [0.1, 0.15) is 12.0 Å². The molecule has 18 heavy (non-hydrogen) atoms. The van der Waals surface area contributed by atoms with Crippen molar-refractivity contribution >= 4 is 45.8 Å². The van der Waals surface area contributed by atoms with E-state index in [4.69, 9.17) is 12.2 Å². The summed E-state index contributed by atoms with van der Waals surface area (Å²) in [6, 6.07) is 7.52. The van der Waals surface area contributed by atoms with Gasteiger partial charge in [-0.05, 0) is 24.6 Å². The predicted octanol–water partition coefficient (Wildman–Crippen LogP) is 1.84. The Hall–Kier alpha value is -1.40. The van der Waals surface area contributed by atoms with Crippen molar-refractivity contribution in [1.82, 2.24) is 5.32 Å². The molecule has 1 fully saturated rings. The van der Waals surface area contributed by atoms with E-state index < -0.39 is 5.25 Å². The molecule has 2 amide bonds. The molecule has 0 radical (unpaired) electrons. The van der Waals surface area contributed by atoms with Crippen LogP contribution in [0.2, 0.25) is 0 Å². The highest BCUT2D eigenvalue weighted by molar-refractivity contribution is 8.24. The van der Waals surface area contributed by atoms with Crippen molar-refractivity contribution in [2.45, 2.75) is 18.6 Å². The van der Waals surface area contributed by atoms with Gasteiger partial charge in [-0.15, -0.1) is 0 Å². The van der Waals surface area contributed by atoms with Gasteiger partial charge >= 0.3 is 0 Å². The van der Waals surface area contributed by atoms with E-state index in [9.17, 15) is 9.59 Å². The van der Waals surface area contributed by atoms with E-state index in [1.54, 1.807) is 0 Å². The molecule has 0 aliphatic carbocycles. The highest BCUT2D eigenvalue weighted by Crippen LogP contribution is 2.22. The maximum absolute atomic E-state index is 11.8. The first-order valence-electron chi connectivity index (χ1n) is 5.42. The van der Waals surface area contributed by atoms with Crippen molar-refractivity contribution in [2.75, 3.05) is 5.32 Å². The van der Waals surface area contributed by atoms with Crippen molar-refractivity contribution in [2.24, 2.45) is 0 Å². The molecule has 0 unspecified atom stereocenters. The fraction of sp³-hybridized carbons (Fsp3) is 0.250. The van der Waals surface area contributed by atoms with Gasteiger partial charge < -0.3 is 10.6 Å². The van der Waals surface area contributed by atoms with E-state index >= 15 is 0 Å². The Morgan fingerprint density at radius 1 is 1.56 bits per heavy atom. The maximum atomic E-state index is 11.8. The van der Waals surface area contributed by atoms with Gasteiger partial charge in [0.1, 0.15) is 4.32 Å². The molecule has 1 heterocycles. The van der Waals surface area contributed by atoms with E-state index in [0.717, 1.165) is 11.3 Å². The van der Waals surface area contributed by atoms with Crippen LogP contribution in [0.4, 0.5) is 5.69 Å². The summed E-state index contributed by atoms with van der Waals surface area (Å²) in [5.41, 5.74) is 1.81. The van der Waals surface area contributed by atoms with E-state index in [1.807, 2.05) is 31.2 Å². The number of carbonyl (C=O) groups excluding carboxylic acids is 2. The quantitative estimate of drug-likeness (QED) is 0.830. The van der Waals surface area contributed by atoms with E-state index in [1.165, 1.54) is 11.8 Å². The minimum atomic E-state index is -0.415. The van der Waals surface area contributed by atoms with E-state index in [2.05, 4.69) is 10.6 Å². The summed E-state index contributed by atoms with van der Waals surface area (Å²) in [7, 11) is 0. The Labute approximate surface area is 115 Å². The van der Waals surface area contributed by atoms with Gasteiger partial charge in [-0.2, -0.15) is 0 Å². The first kappa shape index (κ1) is 13.0. The molecule has 1 aliphatic heterocycles. The van der Waals surface area contributed by atoms with Crippen LogP contribution < -0.4 is 10.6 Å². The third-order valence-corrected chi connectivity index (χ3v) is 3.81. The van der Waals surface area contributed by atoms with E-state index in [0.29, 0.717) is 4.32 Å². The largest absolute Gasteiger partial charge is 0.326 e. The second-order valence-corrected chi connectivity index (χ2v) is 5.88. The molecule has 1 atom stereocenters. The molecule has 6 heteroatoms. The second-order valence-electron chi connectivity index (χ2n) is 4.00. The minimum Gasteiger partial charge on any atom is -0.326 e. The van der Waals surface area contributed by atoms with Crippen LogP contribution >= 0.6 is 24.0 Å². The van der Waals surface area contributed by atoms with Crippen LogP contribution in [0.5, 0.6) is 0 Å². The summed E-state index contributed by atoms with van der Waals surface area (Å²) in [4.78, 5) is 23.2. The van der Waals surface area contributed by atoms with Crippen molar-refractivity contribution in [1.29, 1.82) is 0 Å². The Morgan fingerprint density at radius 3 is 2.94 bits per heavy atom. The molecule has 1 aromatic carbocycles. The van der Waals surface area contributed by atoms with Crippen molar-refractivity contribution in [3.05, 3.63) is 29.8 Å². The number of thiocarbonyl (C=S) groups is 1. The molecule has 0 aromatic heterocycles. The molecular weight excluding hydrogens is 268 g/mol. The molecule has 94 valence electrons. The smallest absolute Gasteiger partial charge is 0.239 e. The first-order chi connectivity index (χ1) is 8.54. The van der Waals surface area contributed by atoms with Gasteiger partial charge in [0, 0.05) is 12.1 Å². The molecule has 0 bridgehead atoms. The lowest BCUT2D eigenvalue weighted by atomic mass is 10.2. The summed E-state index contributed by atoms with van der Waals surface area (Å²) >= 11 is 6.10. The average Bonchev–Trinajstić information content (AvgIpc) is 2.57. The Bertz CT molecular complexity index is 517. The van der Waals surface area contributed by atoms with Crippen molar-refractivity contribution < 1.29 is 9.59 Å². The monoisotopic (exact) mass is 280 g/mol. The second kappa shape index (κ2) is 5.49. The zero-order valence-corrected chi connectivity index (χ0v) is 11.4. The zero-order chi connectivity index (χ0) is 13.1. The van der Waals surface area contributed by atoms with Crippen LogP contribution in [-0.4, -0.2) is 21.4 Å². The molecule has 1 aromatic rings. The fourth-order valence-corrected chi connectivity index (χ4v) is 2.90. The highest BCUT2D eigenvalue weighted by atomic mass is 32.2. The lowest BCUT2D eigenvalue weighted by molar-refractivity contribution is -0.122. The zero-order valence-electron chi connectivity index (χ0n) is 9.73. The minimum absolute atomic E-state index is 0.130. The summed E-state index contributed by atoms with van der Waals surface area (Å²) in [5.74, 6) is -0.373. The van der Waals surface area contributed by atoms with Gasteiger partial charge in [-0.25, -0.2) is 0 Å². The molecule has 4 nitrogen and oxygen atoms in total. The van der Waals surface area contributed by atoms with Crippen molar-refractivity contribution in [3.8, 4) is 0 Å². The maximum Gasteiger partial charge on any atom is 0.239 e. The Balaban J connectivity index is 1.93. The molecule has 0 saturated carbocycles. The van der Waals surface area contributed by atoms with Gasteiger partial charge in [0.15, 0.2) is 0 Å². The molecule has 1 aliphatic rings. The number of nitrogens with one attached hydrogen (secondary N) is 2. The van der Waals surface area contributed by atoms with Gasteiger partial charge in [0.05, 0.1) is 5.25 Å². The standard InChI is InChI=1S/C12H12N2O2S2/c1-7-3-2-4-8(5-7)13-10(15)6-9-11(16)14-12(17)18-9/h2-5,9H,6H2,1H3,(H,13,15)(H,14,16,17)/t9-/m1/s1.